The molecule has 15 nitrogen and oxygen atoms in total. The maximum absolute atomic E-state index is 11.1. The summed E-state index contributed by atoms with van der Waals surface area (Å²) in [5, 5.41) is 29.9. The van der Waals surface area contributed by atoms with Crippen LogP contribution < -0.4 is 47.9 Å². The summed E-state index contributed by atoms with van der Waals surface area (Å²) in [4.78, 5) is 24.3. The molecule has 10 atom stereocenters. The van der Waals surface area contributed by atoms with Gasteiger partial charge in [0, 0.05) is 109 Å². The quantitative estimate of drug-likeness (QED) is 0.104. The predicted octanol–water partition coefficient (Wildman–Crippen LogP) is 16.9. The van der Waals surface area contributed by atoms with Gasteiger partial charge >= 0.3 is 0 Å². The van der Waals surface area contributed by atoms with Crippen LogP contribution in [0.4, 0.5) is 11.4 Å². The molecular weight excluding hydrogens is 1290 g/mol. The fourth-order valence-corrected chi connectivity index (χ4v) is 15.3. The molecule has 2 aromatic rings. The molecule has 0 aromatic heterocycles. The van der Waals surface area contributed by atoms with Crippen LogP contribution in [-0.2, 0) is 36.6 Å². The van der Waals surface area contributed by atoms with Gasteiger partial charge in [0.05, 0.1) is 32.7 Å². The number of hydrogen-bond donors (Lipinski definition) is 9. The van der Waals surface area contributed by atoms with Gasteiger partial charge in [-0.3, -0.25) is 14.9 Å². The number of anilines is 2. The Bertz CT molecular complexity index is 2220. The number of aryl methyl sites for hydroxylation is 1. The fourth-order valence-electron chi connectivity index (χ4n) is 14.1. The first-order valence-electron chi connectivity index (χ1n) is 41.6. The second-order valence-electron chi connectivity index (χ2n) is 34.2. The summed E-state index contributed by atoms with van der Waals surface area (Å²) in [6.45, 7) is 60.5. The number of carbonyl (C=O) groups is 2. The first-order chi connectivity index (χ1) is 48.6. The van der Waals surface area contributed by atoms with Crippen molar-refractivity contribution in [2.45, 2.75) is 316 Å². The fraction of sp³-hybridized carbons (Fsp3) is 0.837. The highest BCUT2D eigenvalue weighted by atomic mass is 32.2. The van der Waals surface area contributed by atoms with Gasteiger partial charge < -0.3 is 61.6 Å². The van der Waals surface area contributed by atoms with Gasteiger partial charge in [-0.05, 0) is 212 Å². The average molecular weight is 1450 g/mol. The van der Waals surface area contributed by atoms with Crippen molar-refractivity contribution in [3.05, 3.63) is 59.7 Å². The van der Waals surface area contributed by atoms with Crippen molar-refractivity contribution in [2.75, 3.05) is 94.7 Å². The predicted molar refractivity (Wildman–Crippen MR) is 441 cm³/mol. The van der Waals surface area contributed by atoms with Gasteiger partial charge in [-0.2, -0.15) is 0 Å². The van der Waals surface area contributed by atoms with Gasteiger partial charge in [-0.1, -0.05) is 181 Å². The zero-order valence-electron chi connectivity index (χ0n) is 69.6. The number of para-hydroxylation sites is 2. The lowest BCUT2D eigenvalue weighted by atomic mass is 9.88. The monoisotopic (exact) mass is 1450 g/mol. The van der Waals surface area contributed by atoms with E-state index < -0.39 is 0 Å². The lowest BCUT2D eigenvalue weighted by Crippen LogP contribution is -2.44. The Hall–Kier alpha value is -3.03. The normalized spacial score (nSPS) is 26.3. The Morgan fingerprint density at radius 1 is 0.412 bits per heavy atom. The highest BCUT2D eigenvalue weighted by molar-refractivity contribution is 7.99. The molecule has 0 aliphatic carbocycles. The molecule has 9 saturated heterocycles. The molecule has 592 valence electrons. The number of nitrogens with one attached hydrogen (secondary N) is 9. The Kier molecular flexibility index (Phi) is 49.1. The van der Waals surface area contributed by atoms with Crippen molar-refractivity contribution in [3.63, 3.8) is 0 Å². The summed E-state index contributed by atoms with van der Waals surface area (Å²) in [7, 11) is 0. The highest BCUT2D eigenvalue weighted by Gasteiger charge is 2.27. The standard InChI is InChI=1S/C12H17N.C11H15N.C8H15NO.C8H17N.C7H15NO.C7H13NO.2C7H15N.C7H14O.C6H13NO.C6H13NS/c1-9(2)11-8-7-10-5-3-4-6-12(10)13-11;1-8(2)11-7-9-5-3-4-6-10(9)12-11;1-6(2)7-4-3-5-9-8(7)10;1-7(2)8-5-3-4-6-9-8;1-6(2)7-5-9-4-3-8-7;1-5(2)6-3-4-7(9)8-6;1-7(2)8-5-3-4-6-8;2*1-6(2)7-4-3-5-8-7;2*1-5(2)6-3-8-4-7-6/h3-6,9,11,13H,7-8H2,1-2H3;3-6,8,11-12H,7H2,1-2H3;6-7H,3-5H2,1-2H3,(H,9,10);7-9H,3-6H2,1-2H3;6-8H,3-5H2,1-2H3;5-6H,3-4H2,1-2H3,(H,8,9);7H,3-6H2,1-2H3;6-8H,3-5H2,1-2H3;6-7H,3-5H2,1-2H3;2*5-7H,3-4H2,1-2H3. The molecule has 2 aromatic carbocycles. The van der Waals surface area contributed by atoms with E-state index in [-0.39, 0.29) is 17.7 Å². The number of thioether (sulfide) groups is 1. The van der Waals surface area contributed by atoms with Crippen LogP contribution in [0.3, 0.4) is 0 Å². The maximum atomic E-state index is 11.1. The lowest BCUT2D eigenvalue weighted by molar-refractivity contribution is -0.128. The first kappa shape index (κ1) is 93.2. The van der Waals surface area contributed by atoms with Crippen LogP contribution in [0.2, 0.25) is 0 Å². The van der Waals surface area contributed by atoms with E-state index in [1.54, 1.807) is 0 Å². The lowest BCUT2D eigenvalue weighted by Gasteiger charge is -2.29. The second kappa shape index (κ2) is 53.7. The van der Waals surface area contributed by atoms with E-state index in [1.807, 2.05) is 11.8 Å². The van der Waals surface area contributed by atoms with E-state index in [0.717, 1.165) is 137 Å². The van der Waals surface area contributed by atoms with Crippen LogP contribution in [0, 0.1) is 65.1 Å². The van der Waals surface area contributed by atoms with Gasteiger partial charge in [0.2, 0.25) is 11.8 Å². The number of nitrogens with zero attached hydrogens (tertiary/aromatic N) is 1. The zero-order valence-corrected chi connectivity index (χ0v) is 70.5. The summed E-state index contributed by atoms with van der Waals surface area (Å²) >= 11 is 2.00. The van der Waals surface area contributed by atoms with Gasteiger partial charge in [-0.15, -0.1) is 11.8 Å². The number of morpholine rings is 1. The van der Waals surface area contributed by atoms with Crippen molar-refractivity contribution in [3.8, 4) is 0 Å². The largest absolute Gasteiger partial charge is 0.382 e. The minimum absolute atomic E-state index is 0.216. The minimum Gasteiger partial charge on any atom is -0.382 e. The van der Waals surface area contributed by atoms with Crippen LogP contribution in [-0.4, -0.2) is 161 Å². The number of benzene rings is 2. The summed E-state index contributed by atoms with van der Waals surface area (Å²) in [5.74, 6) is 10.3. The van der Waals surface area contributed by atoms with Gasteiger partial charge in [-0.25, -0.2) is 0 Å². The average Bonchev–Trinajstić information content (AvgIpc) is 1.28. The Balaban J connectivity index is 0.000000293. The van der Waals surface area contributed by atoms with Crippen LogP contribution in [0.1, 0.15) is 253 Å². The molecule has 9 fully saturated rings. The third kappa shape index (κ3) is 39.2. The van der Waals surface area contributed by atoms with Crippen molar-refractivity contribution in [1.82, 2.24) is 42.1 Å². The summed E-state index contributed by atoms with van der Waals surface area (Å²) in [6.07, 6.45) is 20.6. The molecule has 11 heterocycles. The molecule has 10 unspecified atom stereocenters. The molecule has 0 bridgehead atoms. The Morgan fingerprint density at radius 2 is 0.922 bits per heavy atom. The van der Waals surface area contributed by atoms with E-state index in [4.69, 9.17) is 14.2 Å². The number of piperidine rings is 2. The molecule has 0 spiro atoms. The van der Waals surface area contributed by atoms with Gasteiger partial charge in [0.25, 0.3) is 0 Å². The Morgan fingerprint density at radius 3 is 1.28 bits per heavy atom. The third-order valence-corrected chi connectivity index (χ3v) is 22.9. The minimum atomic E-state index is 0.216. The SMILES string of the molecule is CC(C)C1CCC(=O)N1.CC(C)C1CCCCN1.CC(C)C1CCCN1.CC(C)C1CCCNC1=O.CC(C)C1CCCO1.CC(C)C1CCc2ccccc2N1.CC(C)C1COCCN1.CC(C)C1COCN1.CC(C)C1CSCN1.CC(C)C1Cc2ccccc2N1.CC(C)N1CCCC1. The molecule has 16 heteroatoms. The van der Waals surface area contributed by atoms with Crippen LogP contribution in [0.5, 0.6) is 0 Å². The molecule has 11 aliphatic rings. The molecule has 102 heavy (non-hydrogen) atoms. The second-order valence-corrected chi connectivity index (χ2v) is 35.2. The van der Waals surface area contributed by atoms with E-state index in [2.05, 4.69) is 254 Å². The molecule has 0 saturated carbocycles. The molecule has 2 amide bonds. The van der Waals surface area contributed by atoms with E-state index >= 15 is 0 Å². The number of rotatable bonds is 11. The number of fused-ring (bicyclic) bond motifs is 2. The first-order valence-corrected chi connectivity index (χ1v) is 42.8. The van der Waals surface area contributed by atoms with Crippen molar-refractivity contribution in [2.24, 2.45) is 65.1 Å². The number of hydrogen-bond acceptors (Lipinski definition) is 14. The zero-order chi connectivity index (χ0) is 75.5. The number of amides is 2. The number of likely N-dealkylation sites (tertiary alicyclic amines) is 1. The van der Waals surface area contributed by atoms with Crippen molar-refractivity contribution < 1.29 is 23.8 Å². The summed E-state index contributed by atoms with van der Waals surface area (Å²) < 4.78 is 15.8. The number of ether oxygens (including phenoxy) is 3. The summed E-state index contributed by atoms with van der Waals surface area (Å²) in [5.41, 5.74) is 5.61. The van der Waals surface area contributed by atoms with Crippen molar-refractivity contribution in [1.29, 1.82) is 0 Å². The van der Waals surface area contributed by atoms with Crippen molar-refractivity contribution >= 4 is 35.0 Å². The van der Waals surface area contributed by atoms with Crippen LogP contribution in [0.25, 0.3) is 0 Å². The third-order valence-electron chi connectivity index (χ3n) is 21.9. The van der Waals surface area contributed by atoms with E-state index in [0.29, 0.717) is 60.0 Å². The van der Waals surface area contributed by atoms with Gasteiger partial charge in [0.1, 0.15) is 0 Å². The number of carbonyl (C=O) groups excluding carboxylic acids is 2. The van der Waals surface area contributed by atoms with Crippen LogP contribution >= 0.6 is 11.8 Å². The molecule has 9 N–H and O–H groups in total. The van der Waals surface area contributed by atoms with Gasteiger partial charge in [0.15, 0.2) is 0 Å². The Labute approximate surface area is 632 Å². The molecule has 0 radical (unpaired) electrons. The van der Waals surface area contributed by atoms with E-state index in [1.165, 1.54) is 131 Å². The molecule has 11 aliphatic heterocycles. The maximum Gasteiger partial charge on any atom is 0.223 e. The smallest absolute Gasteiger partial charge is 0.223 e. The molecular formula is C86H162N10O5S. The topological polar surface area (TPSA) is 173 Å². The van der Waals surface area contributed by atoms with E-state index in [9.17, 15) is 9.59 Å². The molecule has 13 rings (SSSR count). The summed E-state index contributed by atoms with van der Waals surface area (Å²) in [6, 6.07) is 23.3. The van der Waals surface area contributed by atoms with Crippen LogP contribution in [0.15, 0.2) is 48.5 Å². The highest BCUT2D eigenvalue weighted by Crippen LogP contribution is 2.30.